The van der Waals surface area contributed by atoms with Crippen LogP contribution in [0.1, 0.15) is 33.3 Å². The van der Waals surface area contributed by atoms with Crippen LogP contribution in [0.25, 0.3) is 0 Å². The minimum Gasteiger partial charge on any atom is -0.399 e. The van der Waals surface area contributed by atoms with Crippen molar-refractivity contribution in [3.8, 4) is 0 Å². The maximum atomic E-state index is 12.1. The van der Waals surface area contributed by atoms with E-state index in [9.17, 15) is 8.42 Å². The Labute approximate surface area is 132 Å². The van der Waals surface area contributed by atoms with E-state index in [1.807, 2.05) is 45.9 Å². The molecule has 5 nitrogen and oxygen atoms in total. The van der Waals surface area contributed by atoms with Gasteiger partial charge in [-0.15, -0.1) is 0 Å². The first-order valence-electron chi connectivity index (χ1n) is 7.48. The number of hydrogen-bond donors (Lipinski definition) is 0. The van der Waals surface area contributed by atoms with Crippen LogP contribution < -0.4 is 9.77 Å². The summed E-state index contributed by atoms with van der Waals surface area (Å²) < 4.78 is 37.8. The van der Waals surface area contributed by atoms with Crippen molar-refractivity contribution in [2.45, 2.75) is 45.3 Å². The predicted octanol–water partition coefficient (Wildman–Crippen LogP) is 1.31. The molecule has 120 valence electrons. The molecular formula is C15H22BNO4S. The molecule has 0 N–H and O–H groups in total. The third-order valence-electron chi connectivity index (χ3n) is 4.89. The summed E-state index contributed by atoms with van der Waals surface area (Å²) in [5, 5.41) is 0. The highest BCUT2D eigenvalue weighted by atomic mass is 32.2. The van der Waals surface area contributed by atoms with Crippen LogP contribution in [0.15, 0.2) is 18.2 Å². The summed E-state index contributed by atoms with van der Waals surface area (Å²) >= 11 is 0. The molecule has 0 aromatic heterocycles. The summed E-state index contributed by atoms with van der Waals surface area (Å²) in [6, 6.07) is 5.80. The molecule has 0 atom stereocenters. The van der Waals surface area contributed by atoms with Crippen molar-refractivity contribution in [2.75, 3.05) is 17.1 Å². The van der Waals surface area contributed by atoms with Gasteiger partial charge in [0.15, 0.2) is 0 Å². The highest BCUT2D eigenvalue weighted by Crippen LogP contribution is 2.38. The normalized spacial score (nSPS) is 23.0. The Balaban J connectivity index is 2.07. The van der Waals surface area contributed by atoms with Gasteiger partial charge in [0, 0.05) is 12.0 Å². The number of sulfonamides is 1. The first-order chi connectivity index (χ1) is 10.0. The lowest BCUT2D eigenvalue weighted by molar-refractivity contribution is 0.00578. The van der Waals surface area contributed by atoms with Crippen molar-refractivity contribution < 1.29 is 17.7 Å². The molecule has 2 aliphatic heterocycles. The van der Waals surface area contributed by atoms with E-state index in [2.05, 4.69) is 0 Å². The van der Waals surface area contributed by atoms with Crippen LogP contribution in [0.2, 0.25) is 0 Å². The third kappa shape index (κ3) is 2.35. The van der Waals surface area contributed by atoms with Gasteiger partial charge in [0.25, 0.3) is 0 Å². The van der Waals surface area contributed by atoms with Gasteiger partial charge in [-0.2, -0.15) is 0 Å². The van der Waals surface area contributed by atoms with Gasteiger partial charge in [-0.1, -0.05) is 18.2 Å². The highest BCUT2D eigenvalue weighted by molar-refractivity contribution is 7.92. The van der Waals surface area contributed by atoms with Gasteiger partial charge in [-0.05, 0) is 39.7 Å². The fraction of sp³-hybridized carbons (Fsp3) is 0.600. The van der Waals surface area contributed by atoms with Gasteiger partial charge in [0.2, 0.25) is 10.0 Å². The van der Waals surface area contributed by atoms with E-state index < -0.39 is 28.3 Å². The van der Waals surface area contributed by atoms with Crippen molar-refractivity contribution in [3.05, 3.63) is 23.8 Å². The van der Waals surface area contributed by atoms with Crippen LogP contribution >= 0.6 is 0 Å². The van der Waals surface area contributed by atoms with Crippen molar-refractivity contribution in [1.82, 2.24) is 0 Å². The van der Waals surface area contributed by atoms with Gasteiger partial charge >= 0.3 is 7.12 Å². The minimum atomic E-state index is -3.30. The number of rotatable bonds is 2. The lowest BCUT2D eigenvalue weighted by Crippen LogP contribution is -2.41. The number of fused-ring (bicyclic) bond motifs is 1. The average molecular weight is 323 g/mol. The number of hydrogen-bond acceptors (Lipinski definition) is 4. The summed E-state index contributed by atoms with van der Waals surface area (Å²) in [5.74, 6) is 0. The lowest BCUT2D eigenvalue weighted by Gasteiger charge is -2.32. The van der Waals surface area contributed by atoms with E-state index in [4.69, 9.17) is 9.31 Å². The largest absolute Gasteiger partial charge is 0.497 e. The maximum absolute atomic E-state index is 12.1. The molecule has 1 aromatic carbocycles. The Morgan fingerprint density at radius 3 is 2.27 bits per heavy atom. The monoisotopic (exact) mass is 323 g/mol. The van der Waals surface area contributed by atoms with Gasteiger partial charge in [-0.25, -0.2) is 8.42 Å². The first kappa shape index (κ1) is 15.8. The van der Waals surface area contributed by atoms with Crippen LogP contribution in [0, 0.1) is 0 Å². The number of para-hydroxylation sites is 1. The van der Waals surface area contributed by atoms with E-state index in [-0.39, 0.29) is 0 Å². The Morgan fingerprint density at radius 1 is 1.14 bits per heavy atom. The van der Waals surface area contributed by atoms with Crippen LogP contribution in [0.3, 0.4) is 0 Å². The van der Waals surface area contributed by atoms with E-state index in [0.29, 0.717) is 6.54 Å². The first-order valence-corrected chi connectivity index (χ1v) is 9.33. The Bertz CT molecular complexity index is 698. The molecule has 2 heterocycles. The second-order valence-corrected chi connectivity index (χ2v) is 8.94. The van der Waals surface area contributed by atoms with E-state index in [1.54, 1.807) is 0 Å². The molecule has 0 bridgehead atoms. The van der Waals surface area contributed by atoms with Crippen molar-refractivity contribution >= 4 is 28.3 Å². The van der Waals surface area contributed by atoms with Crippen molar-refractivity contribution in [3.63, 3.8) is 0 Å². The zero-order valence-corrected chi connectivity index (χ0v) is 14.5. The molecule has 0 saturated carbocycles. The van der Waals surface area contributed by atoms with Gasteiger partial charge in [0.1, 0.15) is 0 Å². The molecule has 0 unspecified atom stereocenters. The molecule has 1 aromatic rings. The standard InChI is InChI=1S/C15H22BNO4S/c1-14(2)15(3,4)21-16(20-14)12-8-6-7-11-9-10-17(13(11)12)22(5,18)19/h6-8H,9-10H2,1-5H3. The lowest BCUT2D eigenvalue weighted by atomic mass is 9.77. The van der Waals surface area contributed by atoms with Crippen LogP contribution in [0.4, 0.5) is 5.69 Å². The molecule has 22 heavy (non-hydrogen) atoms. The molecule has 0 radical (unpaired) electrons. The Kier molecular flexibility index (Phi) is 3.40. The summed E-state index contributed by atoms with van der Waals surface area (Å²) in [6.45, 7) is 8.44. The van der Waals surface area contributed by atoms with Crippen LogP contribution in [0.5, 0.6) is 0 Å². The fourth-order valence-electron chi connectivity index (χ4n) is 2.94. The topological polar surface area (TPSA) is 55.8 Å². The minimum absolute atomic E-state index is 0.449. The second-order valence-electron chi connectivity index (χ2n) is 7.03. The van der Waals surface area contributed by atoms with Crippen LogP contribution in [-0.4, -0.2) is 39.5 Å². The Morgan fingerprint density at radius 2 is 1.73 bits per heavy atom. The number of nitrogens with zero attached hydrogens (tertiary/aromatic N) is 1. The van der Waals surface area contributed by atoms with Crippen molar-refractivity contribution in [2.24, 2.45) is 0 Å². The molecule has 1 saturated heterocycles. The maximum Gasteiger partial charge on any atom is 0.497 e. The molecule has 2 aliphatic rings. The van der Waals surface area contributed by atoms with Gasteiger partial charge in [-0.3, -0.25) is 4.31 Å². The van der Waals surface area contributed by atoms with Crippen LogP contribution in [-0.2, 0) is 25.8 Å². The molecule has 0 amide bonds. The Hall–Kier alpha value is -1.05. The summed E-state index contributed by atoms with van der Waals surface area (Å²) in [7, 11) is -3.86. The van der Waals surface area contributed by atoms with Crippen molar-refractivity contribution in [1.29, 1.82) is 0 Å². The molecular weight excluding hydrogens is 301 g/mol. The fourth-order valence-corrected chi connectivity index (χ4v) is 3.92. The zero-order valence-electron chi connectivity index (χ0n) is 13.7. The predicted molar refractivity (Wildman–Crippen MR) is 88.1 cm³/mol. The smallest absolute Gasteiger partial charge is 0.399 e. The second kappa shape index (κ2) is 4.72. The molecule has 0 aliphatic carbocycles. The zero-order chi connectivity index (χ0) is 16.3. The molecule has 1 fully saturated rings. The SMILES string of the molecule is CC1(C)OB(c2cccc3c2N(S(C)(=O)=O)CC3)OC1(C)C. The van der Waals surface area contributed by atoms with E-state index in [1.165, 1.54) is 10.6 Å². The molecule has 3 rings (SSSR count). The number of benzene rings is 1. The summed E-state index contributed by atoms with van der Waals surface area (Å²) in [6.07, 6.45) is 1.96. The molecule has 7 heteroatoms. The molecule has 0 spiro atoms. The summed E-state index contributed by atoms with van der Waals surface area (Å²) in [5.41, 5.74) is 1.64. The quantitative estimate of drug-likeness (QED) is 0.770. The van der Waals surface area contributed by atoms with Gasteiger partial charge < -0.3 is 9.31 Å². The van der Waals surface area contributed by atoms with E-state index >= 15 is 0 Å². The highest BCUT2D eigenvalue weighted by Gasteiger charge is 2.53. The van der Waals surface area contributed by atoms with E-state index in [0.717, 1.165) is 23.1 Å². The average Bonchev–Trinajstić information content (AvgIpc) is 2.88. The van der Waals surface area contributed by atoms with Gasteiger partial charge in [0.05, 0.1) is 23.1 Å². The third-order valence-corrected chi connectivity index (χ3v) is 6.06. The summed E-state index contributed by atoms with van der Waals surface area (Å²) in [4.78, 5) is 0. The number of anilines is 1.